The molecule has 2 amide bonds. The van der Waals surface area contributed by atoms with Gasteiger partial charge in [0.25, 0.3) is 11.8 Å². The summed E-state index contributed by atoms with van der Waals surface area (Å²) in [5, 5.41) is 5.72. The largest absolute Gasteiger partial charge is 0.484 e. The molecular formula is C19H20N2O3. The van der Waals surface area contributed by atoms with Gasteiger partial charge in [0, 0.05) is 18.2 Å². The standard InChI is InChI=1S/C19H20N2O3/c22-18(21-16-9-10-16)13-24-17-8-4-7-15(11-17)19(23)20-12-14-5-2-1-3-6-14/h1-8,11,16H,9-10,12-13H2,(H,20,23)(H,21,22). The number of carbonyl (C=O) groups excluding carboxylic acids is 2. The molecule has 3 rings (SSSR count). The van der Waals surface area contributed by atoms with Gasteiger partial charge in [-0.1, -0.05) is 36.4 Å². The van der Waals surface area contributed by atoms with Crippen molar-refractivity contribution in [2.45, 2.75) is 25.4 Å². The molecule has 0 heterocycles. The lowest BCUT2D eigenvalue weighted by atomic mass is 10.2. The lowest BCUT2D eigenvalue weighted by Gasteiger charge is -2.09. The number of hydrogen-bond donors (Lipinski definition) is 2. The highest BCUT2D eigenvalue weighted by atomic mass is 16.5. The van der Waals surface area contributed by atoms with Crippen LogP contribution in [0, 0.1) is 0 Å². The van der Waals surface area contributed by atoms with E-state index in [1.54, 1.807) is 24.3 Å². The summed E-state index contributed by atoms with van der Waals surface area (Å²) in [4.78, 5) is 23.8. The summed E-state index contributed by atoms with van der Waals surface area (Å²) >= 11 is 0. The van der Waals surface area contributed by atoms with Gasteiger partial charge in [0.15, 0.2) is 6.61 Å². The first kappa shape index (κ1) is 16.1. The fraction of sp³-hybridized carbons (Fsp3) is 0.263. The molecule has 2 aromatic carbocycles. The Morgan fingerprint density at radius 2 is 1.83 bits per heavy atom. The van der Waals surface area contributed by atoms with Gasteiger partial charge >= 0.3 is 0 Å². The average molecular weight is 324 g/mol. The summed E-state index contributed by atoms with van der Waals surface area (Å²) in [6.07, 6.45) is 2.09. The van der Waals surface area contributed by atoms with E-state index >= 15 is 0 Å². The number of hydrogen-bond acceptors (Lipinski definition) is 3. The van der Waals surface area contributed by atoms with E-state index in [-0.39, 0.29) is 18.4 Å². The molecule has 1 aliphatic carbocycles. The van der Waals surface area contributed by atoms with Crippen molar-refractivity contribution in [1.82, 2.24) is 10.6 Å². The first-order valence-electron chi connectivity index (χ1n) is 8.05. The zero-order valence-electron chi connectivity index (χ0n) is 13.3. The van der Waals surface area contributed by atoms with Gasteiger partial charge in [-0.25, -0.2) is 0 Å². The monoisotopic (exact) mass is 324 g/mol. The minimum atomic E-state index is -0.174. The van der Waals surface area contributed by atoms with E-state index in [1.807, 2.05) is 30.3 Å². The first-order chi connectivity index (χ1) is 11.7. The predicted molar refractivity (Wildman–Crippen MR) is 90.7 cm³/mol. The number of amides is 2. The van der Waals surface area contributed by atoms with E-state index in [4.69, 9.17) is 4.74 Å². The van der Waals surface area contributed by atoms with Crippen LogP contribution in [0.5, 0.6) is 5.75 Å². The number of carbonyl (C=O) groups is 2. The summed E-state index contributed by atoms with van der Waals surface area (Å²) in [6, 6.07) is 16.9. The van der Waals surface area contributed by atoms with Crippen LogP contribution in [0.3, 0.4) is 0 Å². The zero-order chi connectivity index (χ0) is 16.8. The highest BCUT2D eigenvalue weighted by Crippen LogP contribution is 2.18. The summed E-state index contributed by atoms with van der Waals surface area (Å²) in [6.45, 7) is 0.431. The summed E-state index contributed by atoms with van der Waals surface area (Å²) < 4.78 is 5.46. The molecule has 1 saturated carbocycles. The van der Waals surface area contributed by atoms with Crippen LogP contribution in [0.1, 0.15) is 28.8 Å². The fourth-order valence-corrected chi connectivity index (χ4v) is 2.25. The fourth-order valence-electron chi connectivity index (χ4n) is 2.25. The molecule has 0 saturated heterocycles. The third-order valence-corrected chi connectivity index (χ3v) is 3.70. The third kappa shape index (κ3) is 4.84. The molecule has 0 spiro atoms. The smallest absolute Gasteiger partial charge is 0.258 e. The van der Waals surface area contributed by atoms with Crippen LogP contribution < -0.4 is 15.4 Å². The van der Waals surface area contributed by atoms with Crippen molar-refractivity contribution in [3.05, 3.63) is 65.7 Å². The maximum atomic E-state index is 12.2. The van der Waals surface area contributed by atoms with E-state index in [0.29, 0.717) is 23.9 Å². The number of ether oxygens (including phenoxy) is 1. The van der Waals surface area contributed by atoms with Crippen LogP contribution in [-0.2, 0) is 11.3 Å². The normalized spacial score (nSPS) is 13.2. The highest BCUT2D eigenvalue weighted by molar-refractivity contribution is 5.94. The molecule has 0 aromatic heterocycles. The topological polar surface area (TPSA) is 67.4 Å². The Morgan fingerprint density at radius 3 is 2.58 bits per heavy atom. The lowest BCUT2D eigenvalue weighted by Crippen LogP contribution is -2.30. The Hall–Kier alpha value is -2.82. The maximum absolute atomic E-state index is 12.2. The molecule has 124 valence electrons. The van der Waals surface area contributed by atoms with Gasteiger partial charge in [-0.2, -0.15) is 0 Å². The predicted octanol–water partition coefficient (Wildman–Crippen LogP) is 2.27. The van der Waals surface area contributed by atoms with Crippen molar-refractivity contribution in [1.29, 1.82) is 0 Å². The van der Waals surface area contributed by atoms with Crippen molar-refractivity contribution in [3.8, 4) is 5.75 Å². The van der Waals surface area contributed by atoms with Crippen LogP contribution in [0.4, 0.5) is 0 Å². The molecule has 0 aliphatic heterocycles. The minimum Gasteiger partial charge on any atom is -0.484 e. The van der Waals surface area contributed by atoms with E-state index < -0.39 is 0 Å². The van der Waals surface area contributed by atoms with Crippen LogP contribution >= 0.6 is 0 Å². The van der Waals surface area contributed by atoms with Gasteiger partial charge in [-0.05, 0) is 36.6 Å². The van der Waals surface area contributed by atoms with Crippen molar-refractivity contribution >= 4 is 11.8 Å². The molecular weight excluding hydrogens is 304 g/mol. The van der Waals surface area contributed by atoms with Gasteiger partial charge in [-0.15, -0.1) is 0 Å². The van der Waals surface area contributed by atoms with E-state index in [2.05, 4.69) is 10.6 Å². The molecule has 5 heteroatoms. The Kier molecular flexibility index (Phi) is 5.11. The van der Waals surface area contributed by atoms with Crippen LogP contribution in [0.25, 0.3) is 0 Å². The number of rotatable bonds is 7. The second-order valence-electron chi connectivity index (χ2n) is 5.83. The Labute approximate surface area is 141 Å². The molecule has 2 aromatic rings. The lowest BCUT2D eigenvalue weighted by molar-refractivity contribution is -0.123. The molecule has 0 atom stereocenters. The number of nitrogens with one attached hydrogen (secondary N) is 2. The van der Waals surface area contributed by atoms with Crippen LogP contribution in [0.15, 0.2) is 54.6 Å². The van der Waals surface area contributed by atoms with Gasteiger partial charge < -0.3 is 15.4 Å². The molecule has 0 unspecified atom stereocenters. The van der Waals surface area contributed by atoms with E-state index in [1.165, 1.54) is 0 Å². The Bertz CT molecular complexity index is 712. The quantitative estimate of drug-likeness (QED) is 0.821. The zero-order valence-corrected chi connectivity index (χ0v) is 13.3. The molecule has 0 radical (unpaired) electrons. The molecule has 1 aliphatic rings. The highest BCUT2D eigenvalue weighted by Gasteiger charge is 2.23. The maximum Gasteiger partial charge on any atom is 0.258 e. The second kappa shape index (κ2) is 7.64. The molecule has 2 N–H and O–H groups in total. The van der Waals surface area contributed by atoms with Crippen molar-refractivity contribution in [3.63, 3.8) is 0 Å². The third-order valence-electron chi connectivity index (χ3n) is 3.70. The molecule has 5 nitrogen and oxygen atoms in total. The van der Waals surface area contributed by atoms with Crippen molar-refractivity contribution in [2.75, 3.05) is 6.61 Å². The molecule has 1 fully saturated rings. The Balaban J connectivity index is 1.51. The second-order valence-corrected chi connectivity index (χ2v) is 5.83. The van der Waals surface area contributed by atoms with Crippen molar-refractivity contribution in [2.24, 2.45) is 0 Å². The SMILES string of the molecule is O=C(COc1cccc(C(=O)NCc2ccccc2)c1)NC1CC1. The molecule has 24 heavy (non-hydrogen) atoms. The van der Waals surface area contributed by atoms with Crippen molar-refractivity contribution < 1.29 is 14.3 Å². The van der Waals surface area contributed by atoms with E-state index in [0.717, 1.165) is 18.4 Å². The van der Waals surface area contributed by atoms with Gasteiger partial charge in [-0.3, -0.25) is 9.59 Å². The Morgan fingerprint density at radius 1 is 1.04 bits per heavy atom. The van der Waals surface area contributed by atoms with Crippen LogP contribution in [-0.4, -0.2) is 24.5 Å². The first-order valence-corrected chi connectivity index (χ1v) is 8.05. The van der Waals surface area contributed by atoms with Gasteiger partial charge in [0.05, 0.1) is 0 Å². The summed E-state index contributed by atoms with van der Waals surface area (Å²) in [5.41, 5.74) is 1.54. The van der Waals surface area contributed by atoms with Crippen LogP contribution in [0.2, 0.25) is 0 Å². The van der Waals surface area contributed by atoms with Gasteiger partial charge in [0.2, 0.25) is 0 Å². The summed E-state index contributed by atoms with van der Waals surface area (Å²) in [5.74, 6) is 0.205. The minimum absolute atomic E-state index is 0.0361. The number of benzene rings is 2. The average Bonchev–Trinajstić information content (AvgIpc) is 3.43. The summed E-state index contributed by atoms with van der Waals surface area (Å²) in [7, 11) is 0. The van der Waals surface area contributed by atoms with E-state index in [9.17, 15) is 9.59 Å². The van der Waals surface area contributed by atoms with Gasteiger partial charge in [0.1, 0.15) is 5.75 Å². The molecule has 0 bridgehead atoms.